The van der Waals surface area contributed by atoms with Crippen LogP contribution in [0.1, 0.15) is 125 Å². The first-order chi connectivity index (χ1) is 11.7. The summed E-state index contributed by atoms with van der Waals surface area (Å²) in [5.74, 6) is 0. The summed E-state index contributed by atoms with van der Waals surface area (Å²) in [5, 5.41) is 0. The first kappa shape index (κ1) is 28.2. The third-order valence-corrected chi connectivity index (χ3v) is 13.4. The second-order valence-electron chi connectivity index (χ2n) is 16.0. The molecule has 0 aliphatic carbocycles. The van der Waals surface area contributed by atoms with Gasteiger partial charge in [-0.05, 0) is 49.1 Å². The predicted molar refractivity (Wildman–Crippen MR) is 134 cm³/mol. The molecule has 0 heterocycles. The van der Waals surface area contributed by atoms with E-state index in [1.165, 1.54) is 0 Å². The summed E-state index contributed by atoms with van der Waals surface area (Å²) in [7, 11) is -0.804. The van der Waals surface area contributed by atoms with Gasteiger partial charge >= 0.3 is 0 Å². The highest BCUT2D eigenvalue weighted by Crippen LogP contribution is 2.64. The molecule has 169 valence electrons. The lowest BCUT2D eigenvalue weighted by molar-refractivity contribution is 0.158. The maximum atomic E-state index is 2.51. The van der Waals surface area contributed by atoms with E-state index in [4.69, 9.17) is 0 Å². The Morgan fingerprint density at radius 3 is 0.464 bits per heavy atom. The van der Waals surface area contributed by atoms with Crippen molar-refractivity contribution >= 4 is 8.80 Å². The average molecular weight is 410 g/mol. The summed E-state index contributed by atoms with van der Waals surface area (Å²) < 4.78 is 0. The van der Waals surface area contributed by atoms with Gasteiger partial charge in [-0.2, -0.15) is 0 Å². The van der Waals surface area contributed by atoms with Crippen molar-refractivity contribution in [2.75, 3.05) is 0 Å². The molecule has 0 unspecified atom stereocenters. The summed E-state index contributed by atoms with van der Waals surface area (Å²) in [6, 6.07) is 0. The highest BCUT2D eigenvalue weighted by molar-refractivity contribution is 6.65. The van der Waals surface area contributed by atoms with Gasteiger partial charge in [-0.1, -0.05) is 125 Å². The molecule has 0 fully saturated rings. The van der Waals surface area contributed by atoms with Crippen LogP contribution in [0.5, 0.6) is 0 Å². The second kappa shape index (κ2) is 8.05. The minimum absolute atomic E-state index is 0.302. The van der Waals surface area contributed by atoms with Crippen molar-refractivity contribution < 1.29 is 0 Å². The normalized spacial score (nSPS) is 16.1. The fourth-order valence-electron chi connectivity index (χ4n) is 7.40. The highest BCUT2D eigenvalue weighted by atomic mass is 28.3. The molecule has 0 aliphatic heterocycles. The van der Waals surface area contributed by atoms with Crippen LogP contribution in [0, 0.1) is 32.5 Å². The van der Waals surface area contributed by atoms with E-state index in [-0.39, 0.29) is 0 Å². The molecule has 0 rings (SSSR count). The Hall–Kier alpha value is 0.217. The van der Waals surface area contributed by atoms with Gasteiger partial charge in [0.05, 0.1) is 8.80 Å². The first-order valence-corrected chi connectivity index (χ1v) is 13.3. The van der Waals surface area contributed by atoms with Gasteiger partial charge in [0.25, 0.3) is 0 Å². The maximum absolute atomic E-state index is 2.51. The van der Waals surface area contributed by atoms with E-state index in [2.05, 4.69) is 125 Å². The first-order valence-electron chi connectivity index (χ1n) is 11.6. The summed E-state index contributed by atoms with van der Waals surface area (Å²) in [6.07, 6.45) is 0. The smallest absolute Gasteiger partial charge is 0.0602 e. The summed E-state index contributed by atoms with van der Waals surface area (Å²) in [4.78, 5) is 0. The Balaban J connectivity index is 7.30. The van der Waals surface area contributed by atoms with Crippen LogP contribution >= 0.6 is 0 Å². The molecule has 0 amide bonds. The average Bonchev–Trinajstić information content (AvgIpc) is 2.13. The van der Waals surface area contributed by atoms with Crippen molar-refractivity contribution in [1.82, 2.24) is 0 Å². The lowest BCUT2D eigenvalue weighted by Crippen LogP contribution is -2.55. The molecule has 0 saturated carbocycles. The van der Waals surface area contributed by atoms with E-state index in [0.717, 1.165) is 16.6 Å². The van der Waals surface area contributed by atoms with Crippen LogP contribution in [0.3, 0.4) is 0 Å². The molecule has 1 heteroatoms. The quantitative estimate of drug-likeness (QED) is 0.407. The maximum Gasteiger partial charge on any atom is 0.0610 e. The predicted octanol–water partition coefficient (Wildman–Crippen LogP) is 9.87. The highest BCUT2D eigenvalue weighted by Gasteiger charge is 2.57. The lowest BCUT2D eigenvalue weighted by Gasteiger charge is -2.60. The fourth-order valence-corrected chi connectivity index (χ4v) is 14.4. The lowest BCUT2D eigenvalue weighted by atomic mass is 9.74. The summed E-state index contributed by atoms with van der Waals surface area (Å²) in [6.45, 7) is 45.2. The van der Waals surface area contributed by atoms with Gasteiger partial charge in [-0.25, -0.2) is 0 Å². The number of rotatable bonds is 3. The molecule has 0 N–H and O–H groups in total. The molecule has 0 aromatic rings. The molecule has 0 saturated heterocycles. The second-order valence-corrected chi connectivity index (χ2v) is 18.7. The Morgan fingerprint density at radius 2 is 0.393 bits per heavy atom. The van der Waals surface area contributed by atoms with E-state index in [0.29, 0.717) is 32.5 Å². The molecule has 0 aromatic carbocycles. The van der Waals surface area contributed by atoms with Gasteiger partial charge in [-0.15, -0.1) is 0 Å². The molecule has 0 nitrogen and oxygen atoms in total. The van der Waals surface area contributed by atoms with Crippen LogP contribution in [-0.4, -0.2) is 8.80 Å². The van der Waals surface area contributed by atoms with Crippen molar-refractivity contribution in [1.29, 1.82) is 0 Å². The van der Waals surface area contributed by atoms with E-state index >= 15 is 0 Å². The Labute approximate surface area is 182 Å². The van der Waals surface area contributed by atoms with Crippen molar-refractivity contribution in [3.63, 3.8) is 0 Å². The van der Waals surface area contributed by atoms with E-state index in [1.807, 2.05) is 0 Å². The zero-order valence-electron chi connectivity index (χ0n) is 23.2. The van der Waals surface area contributed by atoms with Crippen LogP contribution in [0.4, 0.5) is 0 Å². The van der Waals surface area contributed by atoms with E-state index in [9.17, 15) is 0 Å². The van der Waals surface area contributed by atoms with Crippen molar-refractivity contribution in [3.05, 3.63) is 0 Å². The van der Waals surface area contributed by atoms with Crippen molar-refractivity contribution in [2.45, 2.75) is 141 Å². The minimum Gasteiger partial charge on any atom is -0.0602 e. The van der Waals surface area contributed by atoms with Crippen LogP contribution in [0.2, 0.25) is 16.6 Å². The van der Waals surface area contributed by atoms with Crippen LogP contribution < -0.4 is 0 Å². The molecule has 0 spiro atoms. The molecule has 1 radical (unpaired) electrons. The zero-order valence-corrected chi connectivity index (χ0v) is 24.2. The van der Waals surface area contributed by atoms with Crippen molar-refractivity contribution in [2.24, 2.45) is 32.5 Å². The number of hydrogen-bond donors (Lipinski definition) is 0. The Bertz CT molecular complexity index is 367. The molecule has 0 aromatic heterocycles. The van der Waals surface area contributed by atoms with Crippen LogP contribution in [0.25, 0.3) is 0 Å². The topological polar surface area (TPSA) is 0 Å². The van der Waals surface area contributed by atoms with Crippen molar-refractivity contribution in [3.8, 4) is 0 Å². The van der Waals surface area contributed by atoms with Crippen LogP contribution in [-0.2, 0) is 0 Å². The van der Waals surface area contributed by atoms with Gasteiger partial charge in [0.2, 0.25) is 0 Å². The Morgan fingerprint density at radius 1 is 0.286 bits per heavy atom. The number of hydrogen-bond acceptors (Lipinski definition) is 0. The molecular weight excluding hydrogens is 352 g/mol. The fraction of sp³-hybridized carbons (Fsp3) is 1.00. The van der Waals surface area contributed by atoms with Gasteiger partial charge in [0, 0.05) is 0 Å². The SMILES string of the molecule is CC(C)(C)C([Si](C(C(C)(C)C)C(C)(C)C)C(C(C)(C)C)C(C)(C)C)C(C)(C)C. The summed E-state index contributed by atoms with van der Waals surface area (Å²) in [5.41, 5.74) is 4.01. The van der Waals surface area contributed by atoms with E-state index < -0.39 is 8.80 Å². The van der Waals surface area contributed by atoms with Gasteiger partial charge < -0.3 is 0 Å². The van der Waals surface area contributed by atoms with Crippen LogP contribution in [0.15, 0.2) is 0 Å². The largest absolute Gasteiger partial charge is 0.0610 e. The molecule has 0 atom stereocenters. The summed E-state index contributed by atoms with van der Waals surface area (Å²) >= 11 is 0. The van der Waals surface area contributed by atoms with Gasteiger partial charge in [0.15, 0.2) is 0 Å². The Kier molecular flexibility index (Phi) is 8.11. The third kappa shape index (κ3) is 7.17. The molecule has 28 heavy (non-hydrogen) atoms. The third-order valence-electron chi connectivity index (χ3n) is 6.20. The molecular formula is C27H57Si. The zero-order chi connectivity index (χ0) is 23.3. The minimum atomic E-state index is -0.804. The standard InChI is InChI=1S/C27H57Si/c1-22(2,3)19(23(4,5)6)28(20(24(7,8)9)25(10,11)12)21(26(13,14)15)27(16,17)18/h19-21H,1-18H3. The monoisotopic (exact) mass is 409 g/mol. The molecule has 0 aliphatic rings. The van der Waals surface area contributed by atoms with Gasteiger partial charge in [-0.3, -0.25) is 0 Å². The molecule has 0 bridgehead atoms. The van der Waals surface area contributed by atoms with E-state index in [1.54, 1.807) is 0 Å². The van der Waals surface area contributed by atoms with Gasteiger partial charge in [0.1, 0.15) is 0 Å².